The Labute approximate surface area is 113 Å². The quantitative estimate of drug-likeness (QED) is 0.386. The largest absolute Gasteiger partial charge is 0.490 e. The molecular weight excluding hydrogens is 245 g/mol. The van der Waals surface area contributed by atoms with Crippen LogP contribution in [0.4, 0.5) is 4.39 Å². The molecule has 1 N–H and O–H groups in total. The van der Waals surface area contributed by atoms with Crippen molar-refractivity contribution in [1.82, 2.24) is 0 Å². The molecule has 1 aliphatic rings. The lowest BCUT2D eigenvalue weighted by molar-refractivity contribution is 0.182. The van der Waals surface area contributed by atoms with Crippen molar-refractivity contribution in [3.8, 4) is 5.75 Å². The van der Waals surface area contributed by atoms with Crippen molar-refractivity contribution >= 4 is 5.71 Å². The molecule has 0 amide bonds. The first-order valence-corrected chi connectivity index (χ1v) is 6.86. The van der Waals surface area contributed by atoms with Gasteiger partial charge >= 0.3 is 0 Å². The van der Waals surface area contributed by atoms with Crippen LogP contribution in [0.15, 0.2) is 23.4 Å². The number of ether oxygens (including phenoxy) is 1. The van der Waals surface area contributed by atoms with Crippen molar-refractivity contribution in [2.45, 2.75) is 51.6 Å². The third kappa shape index (κ3) is 3.69. The van der Waals surface area contributed by atoms with Gasteiger partial charge in [0.05, 0.1) is 11.8 Å². The molecule has 1 aromatic rings. The molecule has 1 aromatic carbocycles. The van der Waals surface area contributed by atoms with Gasteiger partial charge in [-0.1, -0.05) is 18.0 Å². The van der Waals surface area contributed by atoms with E-state index in [9.17, 15) is 4.39 Å². The predicted octanol–water partition coefficient (Wildman–Crippen LogP) is 4.13. The maximum absolute atomic E-state index is 13.4. The number of oxime groups is 1. The molecule has 4 heteroatoms. The molecule has 0 aliphatic heterocycles. The lowest BCUT2D eigenvalue weighted by Gasteiger charge is -2.19. The van der Waals surface area contributed by atoms with Crippen molar-refractivity contribution in [3.05, 3.63) is 29.6 Å². The summed E-state index contributed by atoms with van der Waals surface area (Å²) >= 11 is 0. The highest BCUT2D eigenvalue weighted by Gasteiger charge is 2.17. The van der Waals surface area contributed by atoms with Crippen LogP contribution in [0.1, 0.15) is 51.0 Å². The Kier molecular flexibility index (Phi) is 4.77. The van der Waals surface area contributed by atoms with E-state index in [0.29, 0.717) is 17.0 Å². The van der Waals surface area contributed by atoms with Gasteiger partial charge in [-0.25, -0.2) is 4.39 Å². The molecule has 0 radical (unpaired) electrons. The highest BCUT2D eigenvalue weighted by atomic mass is 19.1. The van der Waals surface area contributed by atoms with Crippen LogP contribution in [0.2, 0.25) is 0 Å². The lowest BCUT2D eigenvalue weighted by atomic mass is 10.1. The minimum Gasteiger partial charge on any atom is -0.490 e. The van der Waals surface area contributed by atoms with Gasteiger partial charge in [-0.2, -0.15) is 0 Å². The molecule has 3 nitrogen and oxygen atoms in total. The Morgan fingerprint density at radius 2 is 1.95 bits per heavy atom. The molecule has 0 bridgehead atoms. The summed E-state index contributed by atoms with van der Waals surface area (Å²) in [6.45, 7) is 1.67. The van der Waals surface area contributed by atoms with Crippen LogP contribution in [0.5, 0.6) is 5.75 Å². The minimum atomic E-state index is -0.335. The molecule has 0 atom stereocenters. The zero-order chi connectivity index (χ0) is 13.7. The van der Waals surface area contributed by atoms with Gasteiger partial charge in [0, 0.05) is 11.6 Å². The average Bonchev–Trinajstić information content (AvgIpc) is 2.67. The third-order valence-corrected chi connectivity index (χ3v) is 3.58. The van der Waals surface area contributed by atoms with Gasteiger partial charge in [-0.15, -0.1) is 0 Å². The van der Waals surface area contributed by atoms with E-state index in [-0.39, 0.29) is 11.9 Å². The second kappa shape index (κ2) is 6.55. The van der Waals surface area contributed by atoms with Crippen molar-refractivity contribution in [2.24, 2.45) is 5.16 Å². The summed E-state index contributed by atoms with van der Waals surface area (Å²) in [5.41, 5.74) is 1.08. The smallest absolute Gasteiger partial charge is 0.131 e. The van der Waals surface area contributed by atoms with Crippen LogP contribution < -0.4 is 4.74 Å². The van der Waals surface area contributed by atoms with Crippen LogP contribution >= 0.6 is 0 Å². The van der Waals surface area contributed by atoms with Gasteiger partial charge in [0.25, 0.3) is 0 Å². The lowest BCUT2D eigenvalue weighted by Crippen LogP contribution is -2.17. The summed E-state index contributed by atoms with van der Waals surface area (Å²) in [5.74, 6) is 0.139. The summed E-state index contributed by atoms with van der Waals surface area (Å²) in [6, 6.07) is 4.31. The van der Waals surface area contributed by atoms with Crippen LogP contribution in [0.25, 0.3) is 0 Å². The molecule has 0 unspecified atom stereocenters. The van der Waals surface area contributed by atoms with Gasteiger partial charge in [-0.3, -0.25) is 0 Å². The van der Waals surface area contributed by atoms with E-state index >= 15 is 0 Å². The standard InChI is InChI=1S/C15H20FNO2/c1-11(17-18)14-9-8-12(16)10-15(14)19-13-6-4-2-3-5-7-13/h8-10,13,18H,2-7H2,1H3/b17-11-. The Morgan fingerprint density at radius 1 is 1.26 bits per heavy atom. The highest BCUT2D eigenvalue weighted by molar-refractivity contribution is 6.00. The molecular formula is C15H20FNO2. The molecule has 2 rings (SSSR count). The molecule has 19 heavy (non-hydrogen) atoms. The number of nitrogens with zero attached hydrogens (tertiary/aromatic N) is 1. The van der Waals surface area contributed by atoms with Crippen molar-refractivity contribution in [1.29, 1.82) is 0 Å². The van der Waals surface area contributed by atoms with Crippen LogP contribution in [-0.2, 0) is 0 Å². The van der Waals surface area contributed by atoms with Gasteiger partial charge in [0.2, 0.25) is 0 Å². The summed E-state index contributed by atoms with van der Waals surface area (Å²) in [5, 5.41) is 12.0. The molecule has 1 aliphatic carbocycles. The zero-order valence-electron chi connectivity index (χ0n) is 11.2. The van der Waals surface area contributed by atoms with Crippen molar-refractivity contribution < 1.29 is 14.3 Å². The number of hydrogen-bond acceptors (Lipinski definition) is 3. The Morgan fingerprint density at radius 3 is 2.58 bits per heavy atom. The highest BCUT2D eigenvalue weighted by Crippen LogP contribution is 2.26. The zero-order valence-corrected chi connectivity index (χ0v) is 11.2. The van der Waals surface area contributed by atoms with Crippen LogP contribution in [-0.4, -0.2) is 17.0 Å². The Bertz CT molecular complexity index is 451. The van der Waals surface area contributed by atoms with E-state index in [1.54, 1.807) is 13.0 Å². The van der Waals surface area contributed by atoms with E-state index in [1.165, 1.54) is 25.0 Å². The van der Waals surface area contributed by atoms with Gasteiger partial charge in [0.15, 0.2) is 0 Å². The topological polar surface area (TPSA) is 41.8 Å². The van der Waals surface area contributed by atoms with E-state index in [4.69, 9.17) is 9.94 Å². The predicted molar refractivity (Wildman–Crippen MR) is 72.5 cm³/mol. The summed E-state index contributed by atoms with van der Waals surface area (Å²) in [7, 11) is 0. The van der Waals surface area contributed by atoms with Gasteiger partial charge in [-0.05, 0) is 44.7 Å². The SMILES string of the molecule is C/C(=N/O)c1ccc(F)cc1OC1CCCCCC1. The van der Waals surface area contributed by atoms with Gasteiger partial charge in [0.1, 0.15) is 11.6 Å². The fourth-order valence-corrected chi connectivity index (χ4v) is 2.49. The van der Waals surface area contributed by atoms with E-state index in [2.05, 4.69) is 5.16 Å². The molecule has 0 heterocycles. The fourth-order valence-electron chi connectivity index (χ4n) is 2.49. The number of benzene rings is 1. The molecule has 1 fully saturated rings. The second-order valence-corrected chi connectivity index (χ2v) is 5.06. The van der Waals surface area contributed by atoms with Gasteiger partial charge < -0.3 is 9.94 Å². The molecule has 104 valence electrons. The van der Waals surface area contributed by atoms with E-state index in [1.807, 2.05) is 0 Å². The summed E-state index contributed by atoms with van der Waals surface area (Å²) < 4.78 is 19.3. The Balaban J connectivity index is 2.19. The third-order valence-electron chi connectivity index (χ3n) is 3.58. The number of halogens is 1. The first-order valence-electron chi connectivity index (χ1n) is 6.86. The maximum Gasteiger partial charge on any atom is 0.131 e. The van der Waals surface area contributed by atoms with Crippen LogP contribution in [0, 0.1) is 5.82 Å². The Hall–Kier alpha value is -1.58. The molecule has 1 saturated carbocycles. The summed E-state index contributed by atoms with van der Waals surface area (Å²) in [6.07, 6.45) is 6.94. The number of rotatable bonds is 3. The first-order chi connectivity index (χ1) is 9.20. The first kappa shape index (κ1) is 13.8. The second-order valence-electron chi connectivity index (χ2n) is 5.06. The van der Waals surface area contributed by atoms with Crippen LogP contribution in [0.3, 0.4) is 0 Å². The van der Waals surface area contributed by atoms with E-state index in [0.717, 1.165) is 25.7 Å². The molecule has 0 aromatic heterocycles. The maximum atomic E-state index is 13.4. The van der Waals surface area contributed by atoms with E-state index < -0.39 is 0 Å². The van der Waals surface area contributed by atoms with Crippen molar-refractivity contribution in [2.75, 3.05) is 0 Å². The van der Waals surface area contributed by atoms with Crippen molar-refractivity contribution in [3.63, 3.8) is 0 Å². The normalized spacial score (nSPS) is 18.1. The average molecular weight is 265 g/mol. The fraction of sp³-hybridized carbons (Fsp3) is 0.533. The number of hydrogen-bond donors (Lipinski definition) is 1. The molecule has 0 spiro atoms. The monoisotopic (exact) mass is 265 g/mol. The molecule has 0 saturated heterocycles. The summed E-state index contributed by atoms with van der Waals surface area (Å²) in [4.78, 5) is 0. The minimum absolute atomic E-state index is 0.134.